The first-order valence-corrected chi connectivity index (χ1v) is 8.86. The van der Waals surface area contributed by atoms with Gasteiger partial charge in [-0.05, 0) is 30.2 Å². The van der Waals surface area contributed by atoms with Crippen LogP contribution in [0.3, 0.4) is 0 Å². The highest BCUT2D eigenvalue weighted by atomic mass is 16.5. The van der Waals surface area contributed by atoms with Gasteiger partial charge >= 0.3 is 5.97 Å². The molecule has 7 nitrogen and oxygen atoms in total. The molecule has 3 aromatic rings. The zero-order valence-corrected chi connectivity index (χ0v) is 15.2. The average Bonchev–Trinajstić information content (AvgIpc) is 3.21. The number of benzene rings is 2. The predicted octanol–water partition coefficient (Wildman–Crippen LogP) is 3.14. The molecule has 0 aliphatic carbocycles. The number of hydrogen-bond acceptors (Lipinski definition) is 6. The molecule has 0 saturated heterocycles. The number of anilines is 1. The van der Waals surface area contributed by atoms with E-state index in [1.165, 1.54) is 6.33 Å². The lowest BCUT2D eigenvalue weighted by atomic mass is 9.92. The molecule has 28 heavy (non-hydrogen) atoms. The lowest BCUT2D eigenvalue weighted by Crippen LogP contribution is -2.30. The summed E-state index contributed by atoms with van der Waals surface area (Å²) in [5.41, 5.74) is 3.27. The molecule has 1 aromatic heterocycles. The molecule has 1 N–H and O–H groups in total. The number of rotatable bonds is 4. The summed E-state index contributed by atoms with van der Waals surface area (Å²) in [6.45, 7) is 2.03. The van der Waals surface area contributed by atoms with Crippen molar-refractivity contribution in [2.45, 2.75) is 13.0 Å². The molecular formula is C21H17N5O2. The van der Waals surface area contributed by atoms with E-state index in [4.69, 9.17) is 10.00 Å². The van der Waals surface area contributed by atoms with E-state index in [1.807, 2.05) is 42.5 Å². The Morgan fingerprint density at radius 2 is 1.96 bits per heavy atom. The van der Waals surface area contributed by atoms with Gasteiger partial charge in [-0.3, -0.25) is 0 Å². The molecule has 0 bridgehead atoms. The topological polar surface area (TPSA) is 92.8 Å². The number of ether oxygens (including phenoxy) is 1. The second-order valence-corrected chi connectivity index (χ2v) is 6.16. The molecule has 138 valence electrons. The minimum absolute atomic E-state index is 0.259. The first-order chi connectivity index (χ1) is 13.7. The van der Waals surface area contributed by atoms with E-state index in [0.717, 1.165) is 11.1 Å². The number of aromatic nitrogens is 3. The summed E-state index contributed by atoms with van der Waals surface area (Å²) in [5.74, 6) is 0.102. The normalized spacial score (nSPS) is 15.4. The van der Waals surface area contributed by atoms with Crippen molar-refractivity contribution in [3.63, 3.8) is 0 Å². The maximum atomic E-state index is 13.0. The highest BCUT2D eigenvalue weighted by Crippen LogP contribution is 2.38. The Labute approximate surface area is 161 Å². The summed E-state index contributed by atoms with van der Waals surface area (Å²) < 4.78 is 7.02. The second-order valence-electron chi connectivity index (χ2n) is 6.16. The van der Waals surface area contributed by atoms with Gasteiger partial charge in [-0.25, -0.2) is 9.48 Å². The molecule has 0 fully saturated rings. The molecular weight excluding hydrogens is 354 g/mol. The third-order valence-electron chi connectivity index (χ3n) is 4.51. The summed E-state index contributed by atoms with van der Waals surface area (Å²) in [6, 6.07) is 18.2. The fraction of sp³-hybridized carbons (Fsp3) is 0.143. The third kappa shape index (κ3) is 3.01. The molecule has 1 atom stereocenters. The Balaban J connectivity index is 1.94. The van der Waals surface area contributed by atoms with Crippen LogP contribution in [-0.2, 0) is 9.53 Å². The van der Waals surface area contributed by atoms with E-state index in [0.29, 0.717) is 22.8 Å². The molecule has 4 rings (SSSR count). The third-order valence-corrected chi connectivity index (χ3v) is 4.51. The van der Waals surface area contributed by atoms with Gasteiger partial charge in [0.1, 0.15) is 12.4 Å². The molecule has 0 radical (unpaired) electrons. The minimum atomic E-state index is -0.527. The minimum Gasteiger partial charge on any atom is -0.463 e. The number of carbonyl (C=O) groups excluding carboxylic acids is 1. The summed E-state index contributed by atoms with van der Waals surface area (Å²) in [6.07, 6.45) is 1.44. The van der Waals surface area contributed by atoms with E-state index in [2.05, 4.69) is 21.5 Å². The van der Waals surface area contributed by atoms with Crippen LogP contribution in [0.1, 0.15) is 29.7 Å². The lowest BCUT2D eigenvalue weighted by molar-refractivity contribution is -0.138. The van der Waals surface area contributed by atoms with Crippen molar-refractivity contribution in [2.75, 3.05) is 11.9 Å². The van der Waals surface area contributed by atoms with Crippen LogP contribution in [0.5, 0.6) is 0 Å². The number of hydrogen-bond donors (Lipinski definition) is 1. The van der Waals surface area contributed by atoms with Crippen molar-refractivity contribution >= 4 is 17.6 Å². The van der Waals surface area contributed by atoms with Crippen LogP contribution >= 0.6 is 0 Å². The summed E-state index contributed by atoms with van der Waals surface area (Å²) in [7, 11) is 0. The van der Waals surface area contributed by atoms with Gasteiger partial charge in [-0.2, -0.15) is 15.3 Å². The van der Waals surface area contributed by atoms with Gasteiger partial charge in [0.05, 0.1) is 29.5 Å². The van der Waals surface area contributed by atoms with Crippen LogP contribution in [0.25, 0.3) is 5.70 Å². The number of fused-ring (bicyclic) bond motifs is 1. The van der Waals surface area contributed by atoms with Crippen molar-refractivity contribution in [1.29, 1.82) is 5.26 Å². The highest BCUT2D eigenvalue weighted by Gasteiger charge is 2.36. The molecule has 2 aromatic carbocycles. The van der Waals surface area contributed by atoms with Crippen molar-refractivity contribution in [2.24, 2.45) is 0 Å². The van der Waals surface area contributed by atoms with Gasteiger partial charge in [0, 0.05) is 0 Å². The molecule has 1 unspecified atom stereocenters. The Morgan fingerprint density at radius 3 is 2.64 bits per heavy atom. The second kappa shape index (κ2) is 7.37. The predicted molar refractivity (Wildman–Crippen MR) is 103 cm³/mol. The van der Waals surface area contributed by atoms with Crippen molar-refractivity contribution in [3.8, 4) is 6.07 Å². The number of nitrogens with one attached hydrogen (secondary N) is 1. The SMILES string of the molecule is CCOC(=O)C1=C(c2ccccc2)Nc2ncnn2C1c1ccc(C#N)cc1. The van der Waals surface area contributed by atoms with E-state index in [9.17, 15) is 4.79 Å². The first kappa shape index (κ1) is 17.5. The van der Waals surface area contributed by atoms with Crippen molar-refractivity contribution in [3.05, 3.63) is 83.2 Å². The van der Waals surface area contributed by atoms with Crippen LogP contribution < -0.4 is 5.32 Å². The molecule has 0 amide bonds. The monoisotopic (exact) mass is 371 g/mol. The standard InChI is InChI=1S/C21H17N5O2/c1-2-28-20(27)17-18(15-6-4-3-5-7-15)25-21-23-13-24-26(21)19(17)16-10-8-14(12-22)9-11-16/h3-11,13,19H,2H2,1H3,(H,23,24,25). The fourth-order valence-corrected chi connectivity index (χ4v) is 3.27. The molecule has 2 heterocycles. The maximum absolute atomic E-state index is 13.0. The Hall–Kier alpha value is -3.92. The number of carbonyl (C=O) groups is 1. The number of nitriles is 1. The lowest BCUT2D eigenvalue weighted by Gasteiger charge is -2.29. The van der Waals surface area contributed by atoms with Gasteiger partial charge < -0.3 is 10.1 Å². The van der Waals surface area contributed by atoms with Gasteiger partial charge in [-0.1, -0.05) is 42.5 Å². The largest absolute Gasteiger partial charge is 0.463 e. The van der Waals surface area contributed by atoms with Crippen molar-refractivity contribution < 1.29 is 9.53 Å². The Bertz CT molecular complexity index is 1080. The van der Waals surface area contributed by atoms with Crippen molar-refractivity contribution in [1.82, 2.24) is 14.8 Å². The fourth-order valence-electron chi connectivity index (χ4n) is 3.27. The zero-order chi connectivity index (χ0) is 19.5. The Morgan fingerprint density at radius 1 is 1.21 bits per heavy atom. The molecule has 0 spiro atoms. The van der Waals surface area contributed by atoms with Crippen LogP contribution in [0.2, 0.25) is 0 Å². The van der Waals surface area contributed by atoms with E-state index < -0.39 is 12.0 Å². The maximum Gasteiger partial charge on any atom is 0.338 e. The van der Waals surface area contributed by atoms with Crippen LogP contribution in [0.4, 0.5) is 5.95 Å². The summed E-state index contributed by atoms with van der Waals surface area (Å²) >= 11 is 0. The molecule has 0 saturated carbocycles. The van der Waals surface area contributed by atoms with Crippen LogP contribution in [-0.4, -0.2) is 27.3 Å². The van der Waals surface area contributed by atoms with Gasteiger partial charge in [-0.15, -0.1) is 0 Å². The average molecular weight is 371 g/mol. The highest BCUT2D eigenvalue weighted by molar-refractivity contribution is 6.02. The van der Waals surface area contributed by atoms with Crippen LogP contribution in [0, 0.1) is 11.3 Å². The van der Waals surface area contributed by atoms with E-state index >= 15 is 0 Å². The van der Waals surface area contributed by atoms with Gasteiger partial charge in [0.25, 0.3) is 0 Å². The number of nitrogens with zero attached hydrogens (tertiary/aromatic N) is 4. The van der Waals surface area contributed by atoms with Gasteiger partial charge in [0.15, 0.2) is 0 Å². The quantitative estimate of drug-likeness (QED) is 0.708. The van der Waals surface area contributed by atoms with Gasteiger partial charge in [0.2, 0.25) is 5.95 Å². The molecule has 1 aliphatic heterocycles. The summed E-state index contributed by atoms with van der Waals surface area (Å²) in [4.78, 5) is 17.3. The van der Waals surface area contributed by atoms with Crippen LogP contribution in [0.15, 0.2) is 66.5 Å². The van der Waals surface area contributed by atoms with E-state index in [-0.39, 0.29) is 6.61 Å². The smallest absolute Gasteiger partial charge is 0.338 e. The molecule has 7 heteroatoms. The number of esters is 1. The van der Waals surface area contributed by atoms with E-state index in [1.54, 1.807) is 23.7 Å². The molecule has 1 aliphatic rings. The first-order valence-electron chi connectivity index (χ1n) is 8.86. The Kier molecular flexibility index (Phi) is 4.60. The zero-order valence-electron chi connectivity index (χ0n) is 15.2. The summed E-state index contributed by atoms with van der Waals surface area (Å²) in [5, 5.41) is 16.6.